The molecule has 4 amide bonds. The Balaban J connectivity index is 1.74. The minimum atomic E-state index is -1.06. The van der Waals surface area contributed by atoms with Crippen LogP contribution in [-0.2, 0) is 39.9 Å². The number of amides is 4. The zero-order chi connectivity index (χ0) is 43.9. The van der Waals surface area contributed by atoms with E-state index in [1.165, 1.54) is 16.8 Å². The predicted octanol–water partition coefficient (Wildman–Crippen LogP) is 4.56. The lowest BCUT2D eigenvalue weighted by Gasteiger charge is -2.39. The monoisotopic (exact) mass is 824 g/mol. The number of aliphatic imine (C=N–C) groups is 1. The number of carbonyl (C=O) groups excluding carboxylic acids is 5. The number of fused-ring (bicyclic) bond motifs is 2. The van der Waals surface area contributed by atoms with Crippen LogP contribution in [0.2, 0.25) is 0 Å². The number of ether oxygens (including phenoxy) is 3. The average Bonchev–Trinajstić information content (AvgIpc) is 3.89. The third kappa shape index (κ3) is 11.6. The normalized spacial score (nSPS) is 31.5. The molecule has 14 heteroatoms. The Labute approximate surface area is 351 Å². The summed E-state index contributed by atoms with van der Waals surface area (Å²) >= 11 is 0. The molecule has 59 heavy (non-hydrogen) atoms. The Hall–Kier alpha value is -4.46. The highest BCUT2D eigenvalue weighted by molar-refractivity contribution is 5.98. The molecule has 3 aliphatic rings. The van der Waals surface area contributed by atoms with Crippen LogP contribution in [0, 0.1) is 23.2 Å². The number of cyclic esters (lactones) is 1. The van der Waals surface area contributed by atoms with Gasteiger partial charge < -0.3 is 39.3 Å². The van der Waals surface area contributed by atoms with Crippen molar-refractivity contribution < 1.29 is 43.3 Å². The van der Waals surface area contributed by atoms with Crippen LogP contribution in [0.1, 0.15) is 100.0 Å². The van der Waals surface area contributed by atoms with Gasteiger partial charge in [0.25, 0.3) is 0 Å². The van der Waals surface area contributed by atoms with Crippen LogP contribution in [0.4, 0.5) is 0 Å². The maximum absolute atomic E-state index is 14.6. The molecule has 10 atom stereocenters. The van der Waals surface area contributed by atoms with Gasteiger partial charge in [0.05, 0.1) is 19.1 Å². The SMILES string of the molecule is CC[C@H](C)[C@H]1C(=O)N2CCC[C@H]2C(=O)O[C@H](C(C)(C)C)C[C@H](C)C[C@H](O)[C@H](C)C2=N[C@@H](/C=C(\C)C(=O)N[C@@H](Cc3ccc(OC)cc3)C(=O)N(C)[C@@H](C)C(=O)N1C)CO2. The van der Waals surface area contributed by atoms with Gasteiger partial charge in [-0.25, -0.2) is 9.79 Å². The van der Waals surface area contributed by atoms with E-state index in [2.05, 4.69) is 5.32 Å². The summed E-state index contributed by atoms with van der Waals surface area (Å²) in [6, 6.07) is 2.89. The van der Waals surface area contributed by atoms with Crippen LogP contribution in [-0.4, -0.2) is 132 Å². The number of aliphatic hydroxyl groups is 1. The number of benzene rings is 1. The highest BCUT2D eigenvalue weighted by atomic mass is 16.5. The average molecular weight is 824 g/mol. The van der Waals surface area contributed by atoms with Crippen LogP contribution < -0.4 is 10.1 Å². The fourth-order valence-corrected chi connectivity index (χ4v) is 8.11. The van der Waals surface area contributed by atoms with Crippen LogP contribution in [0.5, 0.6) is 5.75 Å². The van der Waals surface area contributed by atoms with E-state index >= 15 is 0 Å². The first kappa shape index (κ1) is 47.2. The van der Waals surface area contributed by atoms with Crippen molar-refractivity contribution in [2.75, 3.05) is 34.4 Å². The summed E-state index contributed by atoms with van der Waals surface area (Å²) in [4.78, 5) is 80.1. The molecular weight excluding hydrogens is 755 g/mol. The Morgan fingerprint density at radius 2 is 1.64 bits per heavy atom. The summed E-state index contributed by atoms with van der Waals surface area (Å²) in [5.74, 6) is -1.98. The van der Waals surface area contributed by atoms with Crippen molar-refractivity contribution in [1.82, 2.24) is 20.0 Å². The van der Waals surface area contributed by atoms with Crippen molar-refractivity contribution in [1.29, 1.82) is 0 Å². The molecule has 2 N–H and O–H groups in total. The van der Waals surface area contributed by atoms with Gasteiger partial charge in [-0.3, -0.25) is 19.2 Å². The van der Waals surface area contributed by atoms with Crippen molar-refractivity contribution in [3.8, 4) is 5.75 Å². The Bertz CT molecular complexity index is 1720. The minimum absolute atomic E-state index is 0.0490. The number of likely N-dealkylation sites (N-methyl/N-ethyl adjacent to an activating group) is 2. The van der Waals surface area contributed by atoms with Gasteiger partial charge in [0.15, 0.2) is 5.90 Å². The molecule has 0 unspecified atom stereocenters. The smallest absolute Gasteiger partial charge is 0.329 e. The molecule has 3 heterocycles. The standard InChI is InChI=1S/C45H69N5O9/c1-13-27(3)38-43(55)50-20-14-15-35(50)44(56)59-37(45(7,8)9)22-26(2)21-36(51)29(5)40-46-32(25-58-40)23-28(4)39(52)47-34(24-31-16-18-33(57-12)19-17-31)42(54)48(10)30(6)41(53)49(38)11/h16-19,23,26-27,29-30,32,34-38,51H,13-15,20-22,24-25H2,1-12H3,(H,47,52)/b28-23+/t26-,27+,29+,30+,32+,34+,35+,36+,37+,38+/m1/s1. The molecule has 4 rings (SSSR count). The molecule has 1 fully saturated rings. The number of hydrogen-bond acceptors (Lipinski definition) is 10. The lowest BCUT2D eigenvalue weighted by atomic mass is 9.81. The van der Waals surface area contributed by atoms with E-state index in [4.69, 9.17) is 19.2 Å². The van der Waals surface area contributed by atoms with E-state index < -0.39 is 77.4 Å². The number of carbonyl (C=O) groups is 5. The highest BCUT2D eigenvalue weighted by Crippen LogP contribution is 2.33. The van der Waals surface area contributed by atoms with E-state index in [0.29, 0.717) is 55.9 Å². The first-order valence-corrected chi connectivity index (χ1v) is 21.2. The molecule has 0 aliphatic carbocycles. The predicted molar refractivity (Wildman–Crippen MR) is 225 cm³/mol. The quantitative estimate of drug-likeness (QED) is 0.405. The van der Waals surface area contributed by atoms with Crippen molar-refractivity contribution in [3.05, 3.63) is 41.5 Å². The van der Waals surface area contributed by atoms with Crippen molar-refractivity contribution in [2.24, 2.45) is 28.2 Å². The fraction of sp³-hybridized carbons (Fsp3) is 0.689. The van der Waals surface area contributed by atoms with Gasteiger partial charge in [0, 0.05) is 32.6 Å². The summed E-state index contributed by atoms with van der Waals surface area (Å²) in [5, 5.41) is 14.3. The van der Waals surface area contributed by atoms with E-state index in [1.807, 2.05) is 60.6 Å². The number of aliphatic hydroxyl groups excluding tert-OH is 1. The van der Waals surface area contributed by atoms with Gasteiger partial charge in [0.2, 0.25) is 23.6 Å². The number of hydrogen-bond donors (Lipinski definition) is 2. The van der Waals surface area contributed by atoms with Crippen LogP contribution >= 0.6 is 0 Å². The third-order valence-corrected chi connectivity index (χ3v) is 12.4. The van der Waals surface area contributed by atoms with Gasteiger partial charge in [0.1, 0.15) is 48.7 Å². The van der Waals surface area contributed by atoms with Crippen molar-refractivity contribution >= 4 is 35.5 Å². The molecule has 14 nitrogen and oxygen atoms in total. The van der Waals surface area contributed by atoms with E-state index in [9.17, 15) is 29.1 Å². The first-order valence-electron chi connectivity index (χ1n) is 21.2. The molecule has 1 aromatic rings. The maximum atomic E-state index is 14.6. The number of esters is 1. The van der Waals surface area contributed by atoms with Gasteiger partial charge in [-0.05, 0) is 80.6 Å². The lowest BCUT2D eigenvalue weighted by molar-refractivity contribution is -0.166. The van der Waals surface area contributed by atoms with Gasteiger partial charge >= 0.3 is 5.97 Å². The molecule has 1 aromatic carbocycles. The largest absolute Gasteiger partial charge is 0.497 e. The number of nitrogens with zero attached hydrogens (tertiary/aromatic N) is 4. The summed E-state index contributed by atoms with van der Waals surface area (Å²) in [6.45, 7) is 17.5. The number of rotatable bonds is 5. The molecule has 2 bridgehead atoms. The summed E-state index contributed by atoms with van der Waals surface area (Å²) < 4.78 is 17.5. The zero-order valence-electron chi connectivity index (χ0n) is 37.3. The Kier molecular flexibility index (Phi) is 16.2. The van der Waals surface area contributed by atoms with Gasteiger partial charge in [-0.2, -0.15) is 0 Å². The summed E-state index contributed by atoms with van der Waals surface area (Å²) in [5.41, 5.74) is 0.654. The number of nitrogens with one attached hydrogen (secondary N) is 1. The van der Waals surface area contributed by atoms with E-state index in [1.54, 1.807) is 51.1 Å². The summed E-state index contributed by atoms with van der Waals surface area (Å²) in [7, 11) is 4.64. The van der Waals surface area contributed by atoms with Crippen LogP contribution in [0.15, 0.2) is 40.9 Å². The molecule has 0 radical (unpaired) electrons. The Morgan fingerprint density at radius 1 is 0.983 bits per heavy atom. The van der Waals surface area contributed by atoms with E-state index in [-0.39, 0.29) is 30.8 Å². The fourth-order valence-electron chi connectivity index (χ4n) is 8.11. The molecule has 328 valence electrons. The van der Waals surface area contributed by atoms with Crippen molar-refractivity contribution in [3.63, 3.8) is 0 Å². The molecule has 0 spiro atoms. The molecule has 0 aromatic heterocycles. The lowest BCUT2D eigenvalue weighted by Crippen LogP contribution is -2.59. The molecule has 3 aliphatic heterocycles. The minimum Gasteiger partial charge on any atom is -0.497 e. The van der Waals surface area contributed by atoms with Gasteiger partial charge in [-0.15, -0.1) is 0 Å². The molecule has 1 saturated heterocycles. The molecule has 0 saturated carbocycles. The van der Waals surface area contributed by atoms with E-state index in [0.717, 1.165) is 5.56 Å². The number of methoxy groups -OCH3 is 1. The zero-order valence-corrected chi connectivity index (χ0v) is 37.3. The van der Waals surface area contributed by atoms with Crippen LogP contribution in [0.25, 0.3) is 0 Å². The topological polar surface area (TPSA) is 167 Å². The molecular formula is C45H69N5O9. The van der Waals surface area contributed by atoms with Crippen molar-refractivity contribution in [2.45, 2.75) is 143 Å². The third-order valence-electron chi connectivity index (χ3n) is 12.4. The highest BCUT2D eigenvalue weighted by Gasteiger charge is 2.44. The second-order valence-electron chi connectivity index (χ2n) is 18.1. The second-order valence-corrected chi connectivity index (χ2v) is 18.1. The van der Waals surface area contributed by atoms with Gasteiger partial charge in [-0.1, -0.05) is 67.0 Å². The van der Waals surface area contributed by atoms with Crippen LogP contribution in [0.3, 0.4) is 0 Å². The Morgan fingerprint density at radius 3 is 2.25 bits per heavy atom. The summed E-state index contributed by atoms with van der Waals surface area (Å²) in [6.07, 6.45) is 3.02. The second kappa shape index (κ2) is 20.2. The first-order chi connectivity index (χ1) is 27.7. The maximum Gasteiger partial charge on any atom is 0.329 e.